The Balaban J connectivity index is 0.000000162. The standard InChI is InChI=1S/C12H12BrIN2O2.C12H8BrN3/c1-12(2,3)18-11(17)16-9-6-7(13)4-5-8(9)10(14)15-16;13-9-1-2-10-11(7-9)15-16-12(10)8-3-5-14-6-4-8/h4-6H,1-3H3;1-7H,(H,15,16). The number of ether oxygens (including phenoxy) is 1. The van der Waals surface area contributed by atoms with Crippen LogP contribution >= 0.6 is 54.5 Å². The number of fused-ring (bicyclic) bond motifs is 2. The first-order valence-electron chi connectivity index (χ1n) is 10.2. The number of hydrogen-bond acceptors (Lipinski definition) is 5. The molecule has 7 nitrogen and oxygen atoms in total. The predicted octanol–water partition coefficient (Wildman–Crippen LogP) is 7.57. The number of nitrogens with zero attached hydrogens (tertiary/aromatic N) is 4. The summed E-state index contributed by atoms with van der Waals surface area (Å²) in [4.78, 5) is 16.1. The molecule has 0 spiro atoms. The highest BCUT2D eigenvalue weighted by Gasteiger charge is 2.21. The van der Waals surface area contributed by atoms with Crippen molar-refractivity contribution in [3.8, 4) is 11.3 Å². The molecular formula is C24H20Br2IN5O2. The van der Waals surface area contributed by atoms with Gasteiger partial charge in [0.25, 0.3) is 0 Å². The Morgan fingerprint density at radius 1 is 1.00 bits per heavy atom. The highest BCUT2D eigenvalue weighted by Crippen LogP contribution is 2.28. The van der Waals surface area contributed by atoms with Crippen LogP contribution in [0.2, 0.25) is 0 Å². The van der Waals surface area contributed by atoms with Crippen molar-refractivity contribution in [2.45, 2.75) is 26.4 Å². The van der Waals surface area contributed by atoms with Crippen LogP contribution in [0.15, 0.2) is 69.9 Å². The molecule has 0 atom stereocenters. The minimum Gasteiger partial charge on any atom is -0.442 e. The van der Waals surface area contributed by atoms with Gasteiger partial charge in [0.2, 0.25) is 0 Å². The van der Waals surface area contributed by atoms with Gasteiger partial charge in [-0.2, -0.15) is 14.9 Å². The summed E-state index contributed by atoms with van der Waals surface area (Å²) in [5.74, 6) is 0. The minimum atomic E-state index is -0.535. The maximum atomic E-state index is 12.1. The molecule has 174 valence electrons. The summed E-state index contributed by atoms with van der Waals surface area (Å²) in [5.41, 5.74) is 3.27. The largest absolute Gasteiger partial charge is 0.442 e. The third-order valence-electron chi connectivity index (χ3n) is 4.64. The Morgan fingerprint density at radius 3 is 2.32 bits per heavy atom. The van der Waals surface area contributed by atoms with Gasteiger partial charge >= 0.3 is 6.09 Å². The zero-order valence-corrected chi connectivity index (χ0v) is 23.8. The number of aromatic amines is 1. The van der Waals surface area contributed by atoms with E-state index in [0.717, 1.165) is 45.7 Å². The summed E-state index contributed by atoms with van der Waals surface area (Å²) in [6.07, 6.45) is 3.08. The van der Waals surface area contributed by atoms with E-state index in [1.807, 2.05) is 63.2 Å². The Kier molecular flexibility index (Phi) is 7.39. The molecule has 0 fully saturated rings. The number of benzene rings is 2. The second kappa shape index (κ2) is 10.1. The molecule has 34 heavy (non-hydrogen) atoms. The Bertz CT molecular complexity index is 1480. The lowest BCUT2D eigenvalue weighted by Gasteiger charge is -2.19. The van der Waals surface area contributed by atoms with Gasteiger partial charge in [-0.25, -0.2) is 4.79 Å². The van der Waals surface area contributed by atoms with Crippen LogP contribution in [0.5, 0.6) is 0 Å². The number of rotatable bonds is 1. The van der Waals surface area contributed by atoms with E-state index < -0.39 is 11.7 Å². The zero-order chi connectivity index (χ0) is 24.5. The van der Waals surface area contributed by atoms with Gasteiger partial charge in [-0.3, -0.25) is 10.1 Å². The van der Waals surface area contributed by atoms with Crippen molar-refractivity contribution < 1.29 is 9.53 Å². The first-order valence-corrected chi connectivity index (χ1v) is 12.9. The van der Waals surface area contributed by atoms with Gasteiger partial charge in [-0.05, 0) is 91.9 Å². The van der Waals surface area contributed by atoms with E-state index in [1.165, 1.54) is 4.68 Å². The van der Waals surface area contributed by atoms with Crippen LogP contribution in [0.4, 0.5) is 4.79 Å². The van der Waals surface area contributed by atoms with E-state index in [0.29, 0.717) is 0 Å². The average molecular weight is 697 g/mol. The highest BCUT2D eigenvalue weighted by molar-refractivity contribution is 14.1. The molecule has 0 radical (unpaired) electrons. The number of H-pyrrole nitrogens is 1. The van der Waals surface area contributed by atoms with E-state index >= 15 is 0 Å². The Labute approximate surface area is 226 Å². The van der Waals surface area contributed by atoms with E-state index in [1.54, 1.807) is 12.4 Å². The minimum absolute atomic E-state index is 0.464. The summed E-state index contributed by atoms with van der Waals surface area (Å²) in [6, 6.07) is 15.7. The fraction of sp³-hybridized carbons (Fsp3) is 0.167. The Hall–Kier alpha value is -2.31. The molecule has 0 unspecified atom stereocenters. The predicted molar refractivity (Wildman–Crippen MR) is 149 cm³/mol. The maximum absolute atomic E-state index is 12.1. The molecule has 0 aliphatic carbocycles. The van der Waals surface area contributed by atoms with Gasteiger partial charge in [0.05, 0.1) is 11.0 Å². The van der Waals surface area contributed by atoms with E-state index in [9.17, 15) is 4.79 Å². The smallest absolute Gasteiger partial charge is 0.435 e. The number of aromatic nitrogens is 5. The normalized spacial score (nSPS) is 11.4. The van der Waals surface area contributed by atoms with Crippen molar-refractivity contribution in [3.05, 3.63) is 73.6 Å². The third kappa shape index (κ3) is 5.66. The van der Waals surface area contributed by atoms with Crippen LogP contribution in [-0.4, -0.2) is 36.7 Å². The summed E-state index contributed by atoms with van der Waals surface area (Å²) in [6.45, 7) is 5.49. The second-order valence-corrected chi connectivity index (χ2v) is 11.2. The molecule has 2 aromatic carbocycles. The molecule has 3 heterocycles. The van der Waals surface area contributed by atoms with Crippen molar-refractivity contribution >= 4 is 82.3 Å². The molecule has 0 saturated carbocycles. The molecule has 0 bridgehead atoms. The van der Waals surface area contributed by atoms with Gasteiger partial charge in [0, 0.05) is 37.7 Å². The maximum Gasteiger partial charge on any atom is 0.435 e. The van der Waals surface area contributed by atoms with Crippen LogP contribution in [0.3, 0.4) is 0 Å². The van der Waals surface area contributed by atoms with Gasteiger partial charge < -0.3 is 4.74 Å². The summed E-state index contributed by atoms with van der Waals surface area (Å²) in [7, 11) is 0. The average Bonchev–Trinajstić information content (AvgIpc) is 3.34. The highest BCUT2D eigenvalue weighted by atomic mass is 127. The molecule has 3 aromatic heterocycles. The number of carbonyl (C=O) groups is 1. The first-order chi connectivity index (χ1) is 16.1. The van der Waals surface area contributed by atoms with Crippen LogP contribution in [-0.2, 0) is 4.74 Å². The quantitative estimate of drug-likeness (QED) is 0.183. The second-order valence-electron chi connectivity index (χ2n) is 8.34. The molecule has 0 aliphatic heterocycles. The lowest BCUT2D eigenvalue weighted by molar-refractivity contribution is 0.0522. The molecule has 1 N–H and O–H groups in total. The van der Waals surface area contributed by atoms with Gasteiger partial charge in [0.1, 0.15) is 15.0 Å². The molecule has 0 amide bonds. The summed E-state index contributed by atoms with van der Waals surface area (Å²) < 4.78 is 9.35. The topological polar surface area (TPSA) is 85.7 Å². The number of pyridine rings is 1. The number of carbonyl (C=O) groups excluding carboxylic acids is 1. The van der Waals surface area contributed by atoms with Crippen molar-refractivity contribution in [1.82, 2.24) is 25.0 Å². The number of hydrogen-bond donors (Lipinski definition) is 1. The number of halogens is 3. The lowest BCUT2D eigenvalue weighted by atomic mass is 10.1. The fourth-order valence-electron chi connectivity index (χ4n) is 3.22. The third-order valence-corrected chi connectivity index (χ3v) is 6.43. The van der Waals surface area contributed by atoms with Crippen LogP contribution in [0.25, 0.3) is 33.1 Å². The molecule has 5 rings (SSSR count). The summed E-state index contributed by atoms with van der Waals surface area (Å²) in [5, 5.41) is 13.6. The van der Waals surface area contributed by atoms with Crippen molar-refractivity contribution in [2.24, 2.45) is 0 Å². The van der Waals surface area contributed by atoms with Gasteiger partial charge in [-0.15, -0.1) is 0 Å². The van der Waals surface area contributed by atoms with Crippen molar-refractivity contribution in [1.29, 1.82) is 0 Å². The molecule has 5 aromatic rings. The zero-order valence-electron chi connectivity index (χ0n) is 18.5. The monoisotopic (exact) mass is 695 g/mol. The van der Waals surface area contributed by atoms with Crippen molar-refractivity contribution in [2.75, 3.05) is 0 Å². The fourth-order valence-corrected chi connectivity index (χ4v) is 4.60. The van der Waals surface area contributed by atoms with Gasteiger partial charge in [0.15, 0.2) is 0 Å². The van der Waals surface area contributed by atoms with E-state index in [2.05, 4.69) is 80.8 Å². The Morgan fingerprint density at radius 2 is 1.65 bits per heavy atom. The molecule has 0 saturated heterocycles. The molecule has 0 aliphatic rings. The van der Waals surface area contributed by atoms with Crippen LogP contribution in [0, 0.1) is 3.70 Å². The lowest BCUT2D eigenvalue weighted by Crippen LogP contribution is -2.27. The SMILES string of the molecule is Brc1ccc2c(-c3ccncc3)n[nH]c2c1.CC(C)(C)OC(=O)n1nc(I)c2ccc(Br)cc21. The number of nitrogens with one attached hydrogen (secondary N) is 1. The van der Waals surface area contributed by atoms with Gasteiger partial charge in [-0.1, -0.05) is 31.9 Å². The molecule has 10 heteroatoms. The van der Waals surface area contributed by atoms with Crippen LogP contribution in [0.1, 0.15) is 20.8 Å². The van der Waals surface area contributed by atoms with E-state index in [4.69, 9.17) is 4.74 Å². The first kappa shape index (κ1) is 24.8. The molecular weight excluding hydrogens is 677 g/mol. The summed E-state index contributed by atoms with van der Waals surface area (Å²) >= 11 is 8.94. The van der Waals surface area contributed by atoms with Crippen LogP contribution < -0.4 is 0 Å². The van der Waals surface area contributed by atoms with E-state index in [-0.39, 0.29) is 0 Å². The van der Waals surface area contributed by atoms with Crippen molar-refractivity contribution in [3.63, 3.8) is 0 Å².